The lowest BCUT2D eigenvalue weighted by Crippen LogP contribution is -1.94. The first-order chi connectivity index (χ1) is 13.1. The number of aliphatic carboxylic acids is 1. The smallest absolute Gasteiger partial charge is 0.303 e. The molecule has 0 saturated carbocycles. The topological polar surface area (TPSA) is 61.9 Å². The van der Waals surface area contributed by atoms with Gasteiger partial charge in [-0.2, -0.15) is 0 Å². The number of unbranched alkanes of at least 4 members (excludes halogenated alkanes) is 3. The maximum absolute atomic E-state index is 10.6. The molecule has 0 aliphatic rings. The van der Waals surface area contributed by atoms with E-state index in [4.69, 9.17) is 5.11 Å². The summed E-state index contributed by atoms with van der Waals surface area (Å²) in [6, 6.07) is 18.1. The van der Waals surface area contributed by atoms with Crippen molar-refractivity contribution in [1.29, 1.82) is 0 Å². The van der Waals surface area contributed by atoms with E-state index in [0.717, 1.165) is 37.7 Å². The molecule has 3 heterocycles. The van der Waals surface area contributed by atoms with E-state index in [-0.39, 0.29) is 12.2 Å². The van der Waals surface area contributed by atoms with Crippen molar-refractivity contribution < 1.29 is 15.0 Å². The van der Waals surface area contributed by atoms with E-state index in [1.54, 1.807) is 12.1 Å². The number of carboxylic acid groups (broad SMARTS) is 1. The molecule has 4 aromatic rings. The molecule has 0 amide bonds. The summed E-state index contributed by atoms with van der Waals surface area (Å²) in [5, 5.41) is 18.4. The lowest BCUT2D eigenvalue weighted by molar-refractivity contribution is -0.137. The van der Waals surface area contributed by atoms with Crippen LogP contribution in [0.25, 0.3) is 27.7 Å². The Morgan fingerprint density at radius 2 is 1.63 bits per heavy atom. The highest BCUT2D eigenvalue weighted by Crippen LogP contribution is 2.38. The highest BCUT2D eigenvalue weighted by Gasteiger charge is 2.18. The SMILES string of the molecule is O=C(O)CCCCCCc1c(-c2ccc(O)cc2)c2ccc3cccc1n32. The van der Waals surface area contributed by atoms with Crippen LogP contribution in [0.1, 0.15) is 37.7 Å². The lowest BCUT2D eigenvalue weighted by atomic mass is 9.97. The summed E-state index contributed by atoms with van der Waals surface area (Å²) in [5.41, 5.74) is 7.32. The van der Waals surface area contributed by atoms with Crippen LogP contribution in [0.3, 0.4) is 0 Å². The number of hydrogen-bond acceptors (Lipinski definition) is 2. The number of phenols is 1. The molecule has 27 heavy (non-hydrogen) atoms. The van der Waals surface area contributed by atoms with Crippen molar-refractivity contribution in [3.8, 4) is 16.9 Å². The molecule has 4 rings (SSSR count). The lowest BCUT2D eigenvalue weighted by Gasteiger charge is -2.07. The van der Waals surface area contributed by atoms with Gasteiger partial charge < -0.3 is 14.6 Å². The van der Waals surface area contributed by atoms with E-state index in [9.17, 15) is 9.90 Å². The summed E-state index contributed by atoms with van der Waals surface area (Å²) in [5.74, 6) is -0.440. The number of aromatic nitrogens is 1. The van der Waals surface area contributed by atoms with E-state index in [1.165, 1.54) is 27.7 Å². The maximum Gasteiger partial charge on any atom is 0.303 e. The third-order valence-electron chi connectivity index (χ3n) is 5.26. The van der Waals surface area contributed by atoms with Gasteiger partial charge >= 0.3 is 5.97 Å². The molecule has 0 bridgehead atoms. The van der Waals surface area contributed by atoms with Crippen molar-refractivity contribution in [2.24, 2.45) is 0 Å². The minimum atomic E-state index is -0.714. The molecule has 0 unspecified atom stereocenters. The molecule has 3 aromatic heterocycles. The number of hydrogen-bond donors (Lipinski definition) is 2. The van der Waals surface area contributed by atoms with Gasteiger partial charge in [0, 0.05) is 17.5 Å². The number of aromatic hydroxyl groups is 1. The molecular weight excluding hydrogens is 338 g/mol. The fourth-order valence-electron chi connectivity index (χ4n) is 4.01. The monoisotopic (exact) mass is 361 g/mol. The van der Waals surface area contributed by atoms with Crippen molar-refractivity contribution in [3.05, 3.63) is 60.2 Å². The quantitative estimate of drug-likeness (QED) is 0.408. The normalized spacial score (nSPS) is 11.6. The third kappa shape index (κ3) is 3.35. The van der Waals surface area contributed by atoms with E-state index >= 15 is 0 Å². The summed E-state index contributed by atoms with van der Waals surface area (Å²) >= 11 is 0. The van der Waals surface area contributed by atoms with E-state index < -0.39 is 5.97 Å². The molecule has 0 spiro atoms. The average molecular weight is 361 g/mol. The molecule has 0 radical (unpaired) electrons. The first-order valence-electron chi connectivity index (χ1n) is 9.51. The van der Waals surface area contributed by atoms with Crippen LogP contribution >= 0.6 is 0 Å². The standard InChI is InChI=1S/C23H23NO3/c25-18-13-10-16(11-14-18)23-19(7-3-1-2-4-9-22(26)27)20-8-5-6-17-12-15-21(23)24(17)20/h5-6,8,10-15,25H,1-4,7,9H2,(H,26,27). The number of rotatable bonds is 8. The van der Waals surface area contributed by atoms with Gasteiger partial charge in [0.15, 0.2) is 0 Å². The van der Waals surface area contributed by atoms with E-state index in [1.807, 2.05) is 12.1 Å². The Kier molecular flexibility index (Phi) is 4.71. The Morgan fingerprint density at radius 3 is 2.41 bits per heavy atom. The number of nitrogens with zero attached hydrogens (tertiary/aromatic N) is 1. The Morgan fingerprint density at radius 1 is 0.852 bits per heavy atom. The van der Waals surface area contributed by atoms with Gasteiger partial charge in [-0.1, -0.05) is 31.0 Å². The average Bonchev–Trinajstić information content (AvgIpc) is 3.22. The van der Waals surface area contributed by atoms with Gasteiger partial charge in [0.1, 0.15) is 5.75 Å². The molecule has 0 aliphatic heterocycles. The van der Waals surface area contributed by atoms with Crippen molar-refractivity contribution in [2.45, 2.75) is 38.5 Å². The Balaban J connectivity index is 1.65. The zero-order valence-electron chi connectivity index (χ0n) is 15.2. The van der Waals surface area contributed by atoms with Gasteiger partial charge in [0.2, 0.25) is 0 Å². The van der Waals surface area contributed by atoms with Crippen molar-refractivity contribution in [1.82, 2.24) is 4.40 Å². The number of aryl methyl sites for hydroxylation is 1. The molecule has 1 aromatic carbocycles. The largest absolute Gasteiger partial charge is 0.508 e. The summed E-state index contributed by atoms with van der Waals surface area (Å²) in [6.07, 6.45) is 4.98. The molecule has 138 valence electrons. The highest BCUT2D eigenvalue weighted by molar-refractivity contribution is 5.95. The summed E-state index contributed by atoms with van der Waals surface area (Å²) in [7, 11) is 0. The maximum atomic E-state index is 10.6. The molecular formula is C23H23NO3. The van der Waals surface area contributed by atoms with Crippen molar-refractivity contribution >= 4 is 22.5 Å². The van der Waals surface area contributed by atoms with Crippen LogP contribution in [0.4, 0.5) is 0 Å². The summed E-state index contributed by atoms with van der Waals surface area (Å²) in [4.78, 5) is 10.6. The fourth-order valence-corrected chi connectivity index (χ4v) is 4.01. The highest BCUT2D eigenvalue weighted by atomic mass is 16.4. The van der Waals surface area contributed by atoms with Gasteiger partial charge in [-0.15, -0.1) is 0 Å². The van der Waals surface area contributed by atoms with Gasteiger partial charge in [-0.3, -0.25) is 4.79 Å². The second-order valence-electron chi connectivity index (χ2n) is 7.10. The zero-order chi connectivity index (χ0) is 18.8. The number of phenolic OH excluding ortho intramolecular Hbond substituents is 1. The Hall–Kier alpha value is -3.01. The van der Waals surface area contributed by atoms with Crippen LogP contribution in [-0.4, -0.2) is 20.6 Å². The van der Waals surface area contributed by atoms with Crippen LogP contribution in [0, 0.1) is 0 Å². The van der Waals surface area contributed by atoms with Crippen LogP contribution in [0.5, 0.6) is 5.75 Å². The Bertz CT molecular complexity index is 1060. The van der Waals surface area contributed by atoms with E-state index in [0.29, 0.717) is 0 Å². The van der Waals surface area contributed by atoms with Gasteiger partial charge in [0.05, 0.1) is 11.0 Å². The van der Waals surface area contributed by atoms with Crippen LogP contribution in [0.2, 0.25) is 0 Å². The first kappa shape index (κ1) is 17.4. The predicted molar refractivity (Wildman–Crippen MR) is 108 cm³/mol. The molecule has 0 fully saturated rings. The van der Waals surface area contributed by atoms with Crippen LogP contribution in [0.15, 0.2) is 54.6 Å². The van der Waals surface area contributed by atoms with Crippen molar-refractivity contribution in [3.63, 3.8) is 0 Å². The Labute approximate surface area is 158 Å². The zero-order valence-corrected chi connectivity index (χ0v) is 15.2. The van der Waals surface area contributed by atoms with Gasteiger partial charge in [0.25, 0.3) is 0 Å². The first-order valence-corrected chi connectivity index (χ1v) is 9.51. The molecule has 2 N–H and O–H groups in total. The third-order valence-corrected chi connectivity index (χ3v) is 5.26. The number of carbonyl (C=O) groups is 1. The van der Waals surface area contributed by atoms with Gasteiger partial charge in [-0.05, 0) is 66.8 Å². The van der Waals surface area contributed by atoms with Crippen molar-refractivity contribution in [2.75, 3.05) is 0 Å². The fraction of sp³-hybridized carbons (Fsp3) is 0.261. The van der Waals surface area contributed by atoms with Crippen LogP contribution < -0.4 is 0 Å². The predicted octanol–water partition coefficient (Wildman–Crippen LogP) is 5.48. The molecule has 4 heteroatoms. The second kappa shape index (κ2) is 7.31. The summed E-state index contributed by atoms with van der Waals surface area (Å²) in [6.45, 7) is 0. The molecule has 4 nitrogen and oxygen atoms in total. The number of carboxylic acids is 1. The minimum Gasteiger partial charge on any atom is -0.508 e. The van der Waals surface area contributed by atoms with Gasteiger partial charge in [-0.25, -0.2) is 0 Å². The molecule has 0 aliphatic carbocycles. The molecule has 0 atom stereocenters. The second-order valence-corrected chi connectivity index (χ2v) is 7.10. The van der Waals surface area contributed by atoms with E-state index in [2.05, 4.69) is 34.7 Å². The number of pyridine rings is 1. The number of benzene rings is 1. The molecule has 0 saturated heterocycles. The minimum absolute atomic E-state index is 0.256. The van der Waals surface area contributed by atoms with Crippen LogP contribution in [-0.2, 0) is 11.2 Å². The summed E-state index contributed by atoms with van der Waals surface area (Å²) < 4.78 is 2.31.